The summed E-state index contributed by atoms with van der Waals surface area (Å²) >= 11 is 1.70. The summed E-state index contributed by atoms with van der Waals surface area (Å²) in [5.74, 6) is 1.11. The van der Waals surface area contributed by atoms with E-state index in [1.54, 1.807) is 36.6 Å². The SMILES string of the molecule is CN=C(NCCc1ncc(C)s1)NCc1ccccc1Oc1ccccc1F. The Morgan fingerprint density at radius 2 is 1.86 bits per heavy atom. The molecule has 28 heavy (non-hydrogen) atoms. The molecule has 0 aliphatic heterocycles. The largest absolute Gasteiger partial charge is 0.454 e. The highest BCUT2D eigenvalue weighted by molar-refractivity contribution is 7.11. The van der Waals surface area contributed by atoms with Gasteiger partial charge in [0.1, 0.15) is 5.75 Å². The number of hydrogen-bond acceptors (Lipinski definition) is 4. The monoisotopic (exact) mass is 398 g/mol. The number of nitrogens with zero attached hydrogens (tertiary/aromatic N) is 2. The average Bonchev–Trinajstić information content (AvgIpc) is 3.12. The maximum Gasteiger partial charge on any atom is 0.191 e. The molecule has 0 aliphatic carbocycles. The summed E-state index contributed by atoms with van der Waals surface area (Å²) in [5.41, 5.74) is 0.907. The molecule has 7 heteroatoms. The highest BCUT2D eigenvalue weighted by Crippen LogP contribution is 2.27. The first-order valence-corrected chi connectivity index (χ1v) is 9.83. The summed E-state index contributed by atoms with van der Waals surface area (Å²) in [7, 11) is 1.73. The van der Waals surface area contributed by atoms with Crippen molar-refractivity contribution in [2.24, 2.45) is 4.99 Å². The molecular weight excluding hydrogens is 375 g/mol. The Kier molecular flexibility index (Phi) is 6.97. The highest BCUT2D eigenvalue weighted by Gasteiger charge is 2.08. The molecule has 1 aromatic heterocycles. The number of nitrogens with one attached hydrogen (secondary N) is 2. The van der Waals surface area contributed by atoms with E-state index in [2.05, 4.69) is 27.5 Å². The molecule has 0 fully saturated rings. The van der Waals surface area contributed by atoms with E-state index in [1.165, 1.54) is 10.9 Å². The molecule has 0 bridgehead atoms. The van der Waals surface area contributed by atoms with Gasteiger partial charge < -0.3 is 15.4 Å². The molecule has 0 spiro atoms. The summed E-state index contributed by atoms with van der Waals surface area (Å²) in [4.78, 5) is 9.82. The van der Waals surface area contributed by atoms with Crippen LogP contribution in [0.1, 0.15) is 15.4 Å². The summed E-state index contributed by atoms with van der Waals surface area (Å²) in [5, 5.41) is 7.65. The number of hydrogen-bond donors (Lipinski definition) is 2. The fourth-order valence-corrected chi connectivity index (χ4v) is 3.39. The predicted octanol–water partition coefficient (Wildman–Crippen LogP) is 4.29. The molecule has 2 N–H and O–H groups in total. The van der Waals surface area contributed by atoms with Crippen LogP contribution >= 0.6 is 11.3 Å². The second kappa shape index (κ2) is 9.85. The van der Waals surface area contributed by atoms with E-state index in [0.29, 0.717) is 18.3 Å². The van der Waals surface area contributed by atoms with Crippen molar-refractivity contribution < 1.29 is 9.13 Å². The summed E-state index contributed by atoms with van der Waals surface area (Å²) in [6.07, 6.45) is 2.73. The van der Waals surface area contributed by atoms with Gasteiger partial charge in [0.25, 0.3) is 0 Å². The van der Waals surface area contributed by atoms with E-state index < -0.39 is 0 Å². The summed E-state index contributed by atoms with van der Waals surface area (Å²) in [6, 6.07) is 13.9. The van der Waals surface area contributed by atoms with Crippen LogP contribution in [0, 0.1) is 12.7 Å². The quantitative estimate of drug-likeness (QED) is 0.460. The molecule has 0 aliphatic rings. The van der Waals surface area contributed by atoms with Gasteiger partial charge in [-0.05, 0) is 25.1 Å². The Hall–Kier alpha value is -2.93. The number of halogens is 1. The maximum atomic E-state index is 13.9. The molecule has 0 saturated heterocycles. The van der Waals surface area contributed by atoms with E-state index in [9.17, 15) is 4.39 Å². The lowest BCUT2D eigenvalue weighted by molar-refractivity contribution is 0.437. The summed E-state index contributed by atoms with van der Waals surface area (Å²) < 4.78 is 19.6. The lowest BCUT2D eigenvalue weighted by atomic mass is 10.2. The van der Waals surface area contributed by atoms with Crippen LogP contribution in [-0.4, -0.2) is 24.5 Å². The molecule has 0 unspecified atom stereocenters. The molecule has 0 amide bonds. The normalized spacial score (nSPS) is 11.3. The molecule has 0 saturated carbocycles. The van der Waals surface area contributed by atoms with Gasteiger partial charge in [-0.2, -0.15) is 0 Å². The number of ether oxygens (including phenoxy) is 1. The van der Waals surface area contributed by atoms with Crippen molar-refractivity contribution in [2.75, 3.05) is 13.6 Å². The molecular formula is C21H23FN4OS. The molecule has 146 valence electrons. The van der Waals surface area contributed by atoms with Gasteiger partial charge in [0.15, 0.2) is 17.5 Å². The van der Waals surface area contributed by atoms with Crippen LogP contribution in [0.4, 0.5) is 4.39 Å². The number of benzene rings is 2. The first-order valence-electron chi connectivity index (χ1n) is 9.02. The van der Waals surface area contributed by atoms with Gasteiger partial charge in [-0.1, -0.05) is 30.3 Å². The zero-order valence-corrected chi connectivity index (χ0v) is 16.7. The van der Waals surface area contributed by atoms with E-state index in [1.807, 2.05) is 30.5 Å². The second-order valence-electron chi connectivity index (χ2n) is 6.11. The van der Waals surface area contributed by atoms with Crippen molar-refractivity contribution >= 4 is 17.3 Å². The number of rotatable bonds is 7. The van der Waals surface area contributed by atoms with Crippen LogP contribution in [0.5, 0.6) is 11.5 Å². The fourth-order valence-electron chi connectivity index (χ4n) is 2.60. The van der Waals surface area contributed by atoms with Gasteiger partial charge in [-0.3, -0.25) is 4.99 Å². The van der Waals surface area contributed by atoms with E-state index in [-0.39, 0.29) is 11.6 Å². The average molecular weight is 399 g/mol. The fraction of sp³-hybridized carbons (Fsp3) is 0.238. The standard InChI is InChI=1S/C21H23FN4OS/c1-15-13-25-20(28-15)11-12-24-21(23-2)26-14-16-7-3-5-9-18(16)27-19-10-6-4-8-17(19)22/h3-10,13H,11-12,14H2,1-2H3,(H2,23,24,26). The van der Waals surface area contributed by atoms with Gasteiger partial charge in [0.2, 0.25) is 0 Å². The van der Waals surface area contributed by atoms with Crippen molar-refractivity contribution in [3.05, 3.63) is 76.0 Å². The lowest BCUT2D eigenvalue weighted by Gasteiger charge is -2.14. The molecule has 2 aromatic carbocycles. The minimum absolute atomic E-state index is 0.205. The number of thiazole rings is 1. The smallest absolute Gasteiger partial charge is 0.191 e. The molecule has 3 aromatic rings. The van der Waals surface area contributed by atoms with Crippen LogP contribution < -0.4 is 15.4 Å². The third-order valence-electron chi connectivity index (χ3n) is 4.00. The second-order valence-corrected chi connectivity index (χ2v) is 7.43. The third-order valence-corrected chi connectivity index (χ3v) is 4.97. The Morgan fingerprint density at radius 3 is 2.57 bits per heavy atom. The van der Waals surface area contributed by atoms with Crippen molar-refractivity contribution in [1.29, 1.82) is 0 Å². The van der Waals surface area contributed by atoms with Crippen molar-refractivity contribution in [3.8, 4) is 11.5 Å². The maximum absolute atomic E-state index is 13.9. The first-order chi connectivity index (χ1) is 13.7. The third kappa shape index (κ3) is 5.53. The molecule has 1 heterocycles. The zero-order valence-electron chi connectivity index (χ0n) is 15.9. The van der Waals surface area contributed by atoms with Crippen LogP contribution in [0.2, 0.25) is 0 Å². The van der Waals surface area contributed by atoms with Crippen molar-refractivity contribution in [3.63, 3.8) is 0 Å². The minimum atomic E-state index is -0.389. The Balaban J connectivity index is 1.56. The van der Waals surface area contributed by atoms with Crippen LogP contribution in [-0.2, 0) is 13.0 Å². The molecule has 5 nitrogen and oxygen atoms in total. The Labute approximate surface area is 168 Å². The molecule has 3 rings (SSSR count). The topological polar surface area (TPSA) is 58.5 Å². The Bertz CT molecular complexity index is 941. The van der Waals surface area contributed by atoms with Crippen molar-refractivity contribution in [2.45, 2.75) is 19.9 Å². The predicted molar refractivity (Wildman–Crippen MR) is 112 cm³/mol. The van der Waals surface area contributed by atoms with Gasteiger partial charge in [-0.25, -0.2) is 9.37 Å². The number of guanidine groups is 1. The van der Waals surface area contributed by atoms with Crippen LogP contribution in [0.25, 0.3) is 0 Å². The first kappa shape index (κ1) is 19.8. The number of aliphatic imine (C=N–C) groups is 1. The highest BCUT2D eigenvalue weighted by atomic mass is 32.1. The number of aryl methyl sites for hydroxylation is 1. The molecule has 0 radical (unpaired) electrons. The van der Waals surface area contributed by atoms with Gasteiger partial charge in [-0.15, -0.1) is 11.3 Å². The Morgan fingerprint density at radius 1 is 1.11 bits per heavy atom. The lowest BCUT2D eigenvalue weighted by Crippen LogP contribution is -2.37. The van der Waals surface area contributed by atoms with Gasteiger partial charge >= 0.3 is 0 Å². The van der Waals surface area contributed by atoms with Crippen LogP contribution in [0.3, 0.4) is 0 Å². The number of aromatic nitrogens is 1. The van der Waals surface area contributed by atoms with E-state index >= 15 is 0 Å². The van der Waals surface area contributed by atoms with E-state index in [4.69, 9.17) is 4.74 Å². The zero-order chi connectivity index (χ0) is 19.8. The van der Waals surface area contributed by atoms with Gasteiger partial charge in [0, 0.05) is 43.2 Å². The minimum Gasteiger partial charge on any atom is -0.454 e. The van der Waals surface area contributed by atoms with E-state index in [0.717, 1.165) is 23.5 Å². The van der Waals surface area contributed by atoms with Crippen molar-refractivity contribution in [1.82, 2.24) is 15.6 Å². The van der Waals surface area contributed by atoms with Gasteiger partial charge in [0.05, 0.1) is 5.01 Å². The summed E-state index contributed by atoms with van der Waals surface area (Å²) in [6.45, 7) is 3.29. The molecule has 0 atom stereocenters. The number of para-hydroxylation sites is 2. The van der Waals surface area contributed by atoms with Crippen LogP contribution in [0.15, 0.2) is 59.7 Å².